The van der Waals surface area contributed by atoms with Crippen molar-refractivity contribution in [2.24, 2.45) is 5.92 Å². The minimum atomic E-state index is 0.754. The first kappa shape index (κ1) is 21.4. The van der Waals surface area contributed by atoms with Gasteiger partial charge in [0.05, 0.1) is 12.2 Å². The summed E-state index contributed by atoms with van der Waals surface area (Å²) in [5.41, 5.74) is 2.12. The van der Waals surface area contributed by atoms with E-state index in [4.69, 9.17) is 9.72 Å². The van der Waals surface area contributed by atoms with Gasteiger partial charge in [0.1, 0.15) is 5.75 Å². The Morgan fingerprint density at radius 1 is 0.963 bits per heavy atom. The molecule has 0 saturated carbocycles. The maximum Gasteiger partial charge on any atom is 0.163 e. The van der Waals surface area contributed by atoms with Gasteiger partial charge in [-0.25, -0.2) is 9.97 Å². The van der Waals surface area contributed by atoms with Gasteiger partial charge in [-0.15, -0.1) is 0 Å². The third-order valence-electron chi connectivity index (χ3n) is 5.17. The number of rotatable bonds is 13. The topological polar surface area (TPSA) is 35.0 Å². The van der Waals surface area contributed by atoms with Gasteiger partial charge < -0.3 is 4.74 Å². The molecule has 1 aromatic heterocycles. The summed E-state index contributed by atoms with van der Waals surface area (Å²) in [5.74, 6) is 2.48. The average Bonchev–Trinajstić information content (AvgIpc) is 2.71. The minimum Gasteiger partial charge on any atom is -0.493 e. The van der Waals surface area contributed by atoms with E-state index >= 15 is 0 Å². The minimum absolute atomic E-state index is 0.754. The van der Waals surface area contributed by atoms with Gasteiger partial charge in [-0.1, -0.05) is 65.0 Å². The zero-order valence-corrected chi connectivity index (χ0v) is 17.4. The predicted molar refractivity (Wildman–Crippen MR) is 114 cm³/mol. The monoisotopic (exact) mass is 368 g/mol. The molecule has 0 spiro atoms. The van der Waals surface area contributed by atoms with Crippen molar-refractivity contribution >= 4 is 0 Å². The molecule has 1 unspecified atom stereocenters. The van der Waals surface area contributed by atoms with E-state index in [0.717, 1.165) is 48.2 Å². The molecule has 0 N–H and O–H groups in total. The fourth-order valence-electron chi connectivity index (χ4n) is 3.16. The lowest BCUT2D eigenvalue weighted by Crippen LogP contribution is -2.02. The molecule has 148 valence electrons. The lowest BCUT2D eigenvalue weighted by molar-refractivity contribution is 0.300. The standard InChI is InChI=1S/C24H36N2O/c1-4-6-7-8-14-21-17-18-25-24(26-21)22-15-9-10-16-23(22)27-19-12-11-13-20(3)5-2/h9-10,15-18,20H,4-8,11-14,19H2,1-3H3. The molecule has 1 heterocycles. The zero-order chi connectivity index (χ0) is 19.3. The Labute approximate surface area is 165 Å². The summed E-state index contributed by atoms with van der Waals surface area (Å²) in [6.07, 6.45) is 12.8. The molecule has 3 heteroatoms. The van der Waals surface area contributed by atoms with Crippen LogP contribution in [0.3, 0.4) is 0 Å². The highest BCUT2D eigenvalue weighted by Gasteiger charge is 2.09. The first-order valence-corrected chi connectivity index (χ1v) is 10.8. The molecule has 2 rings (SSSR count). The number of hydrogen-bond donors (Lipinski definition) is 0. The van der Waals surface area contributed by atoms with Gasteiger partial charge in [-0.05, 0) is 49.8 Å². The largest absolute Gasteiger partial charge is 0.493 e. The van der Waals surface area contributed by atoms with Crippen molar-refractivity contribution in [3.63, 3.8) is 0 Å². The number of aromatic nitrogens is 2. The van der Waals surface area contributed by atoms with Crippen LogP contribution in [0.4, 0.5) is 0 Å². The maximum atomic E-state index is 6.08. The van der Waals surface area contributed by atoms with Crippen LogP contribution in [0.5, 0.6) is 5.75 Å². The van der Waals surface area contributed by atoms with Crippen molar-refractivity contribution < 1.29 is 4.74 Å². The third-order valence-corrected chi connectivity index (χ3v) is 5.17. The van der Waals surface area contributed by atoms with E-state index in [1.807, 2.05) is 30.5 Å². The summed E-state index contributed by atoms with van der Waals surface area (Å²) >= 11 is 0. The summed E-state index contributed by atoms with van der Waals surface area (Å²) in [6, 6.07) is 10.2. The Morgan fingerprint density at radius 3 is 2.63 bits per heavy atom. The molecule has 0 amide bonds. The molecular weight excluding hydrogens is 332 g/mol. The molecule has 0 aliphatic carbocycles. The summed E-state index contributed by atoms with van der Waals surface area (Å²) < 4.78 is 6.08. The molecule has 3 nitrogen and oxygen atoms in total. The van der Waals surface area contributed by atoms with E-state index in [1.165, 1.54) is 44.9 Å². The average molecular weight is 369 g/mol. The molecule has 0 aliphatic rings. The van der Waals surface area contributed by atoms with Crippen LogP contribution in [-0.2, 0) is 6.42 Å². The van der Waals surface area contributed by atoms with Crippen molar-refractivity contribution in [2.75, 3.05) is 6.61 Å². The molecule has 2 aromatic rings. The van der Waals surface area contributed by atoms with Gasteiger partial charge in [0.2, 0.25) is 0 Å². The second kappa shape index (κ2) is 12.5. The first-order chi connectivity index (χ1) is 13.2. The van der Waals surface area contributed by atoms with E-state index in [9.17, 15) is 0 Å². The normalized spacial score (nSPS) is 12.1. The van der Waals surface area contributed by atoms with Crippen LogP contribution in [0.15, 0.2) is 36.5 Å². The van der Waals surface area contributed by atoms with E-state index in [0.29, 0.717) is 0 Å². The first-order valence-electron chi connectivity index (χ1n) is 10.8. The molecular formula is C24H36N2O. The smallest absolute Gasteiger partial charge is 0.163 e. The molecule has 0 saturated heterocycles. The number of para-hydroxylation sites is 1. The Morgan fingerprint density at radius 2 is 1.81 bits per heavy atom. The second-order valence-electron chi connectivity index (χ2n) is 7.54. The highest BCUT2D eigenvalue weighted by atomic mass is 16.5. The van der Waals surface area contributed by atoms with Crippen molar-refractivity contribution in [1.29, 1.82) is 0 Å². The Kier molecular flexibility index (Phi) is 9.89. The number of aryl methyl sites for hydroxylation is 1. The maximum absolute atomic E-state index is 6.08. The van der Waals surface area contributed by atoms with Gasteiger partial charge in [0, 0.05) is 11.9 Å². The summed E-state index contributed by atoms with van der Waals surface area (Å²) in [5, 5.41) is 0. The van der Waals surface area contributed by atoms with E-state index in [2.05, 4.69) is 31.8 Å². The van der Waals surface area contributed by atoms with E-state index in [-0.39, 0.29) is 0 Å². The predicted octanol–water partition coefficient (Wildman–Crippen LogP) is 6.86. The Balaban J connectivity index is 1.94. The van der Waals surface area contributed by atoms with Gasteiger partial charge >= 0.3 is 0 Å². The summed E-state index contributed by atoms with van der Waals surface area (Å²) in [7, 11) is 0. The highest BCUT2D eigenvalue weighted by molar-refractivity contribution is 5.63. The van der Waals surface area contributed by atoms with Crippen LogP contribution in [0.1, 0.15) is 77.8 Å². The molecule has 0 fully saturated rings. The van der Waals surface area contributed by atoms with Crippen molar-refractivity contribution in [1.82, 2.24) is 9.97 Å². The lowest BCUT2D eigenvalue weighted by atomic mass is 10.0. The van der Waals surface area contributed by atoms with Crippen LogP contribution in [0.25, 0.3) is 11.4 Å². The van der Waals surface area contributed by atoms with E-state index < -0.39 is 0 Å². The van der Waals surface area contributed by atoms with Crippen LogP contribution < -0.4 is 4.74 Å². The molecule has 1 atom stereocenters. The van der Waals surface area contributed by atoms with Crippen molar-refractivity contribution in [2.45, 2.75) is 78.6 Å². The number of hydrogen-bond acceptors (Lipinski definition) is 3. The van der Waals surface area contributed by atoms with Crippen LogP contribution >= 0.6 is 0 Å². The van der Waals surface area contributed by atoms with Crippen molar-refractivity contribution in [3.05, 3.63) is 42.2 Å². The van der Waals surface area contributed by atoms with Crippen LogP contribution in [0, 0.1) is 5.92 Å². The third kappa shape index (κ3) is 7.70. The Bertz CT molecular complexity index is 656. The van der Waals surface area contributed by atoms with Crippen molar-refractivity contribution in [3.8, 4) is 17.1 Å². The fraction of sp³-hybridized carbons (Fsp3) is 0.583. The molecule has 27 heavy (non-hydrogen) atoms. The molecule has 0 radical (unpaired) electrons. The molecule has 0 aliphatic heterocycles. The summed E-state index contributed by atoms with van der Waals surface area (Å²) in [6.45, 7) is 7.58. The van der Waals surface area contributed by atoms with Gasteiger partial charge in [0.25, 0.3) is 0 Å². The van der Waals surface area contributed by atoms with Gasteiger partial charge in [-0.2, -0.15) is 0 Å². The second-order valence-corrected chi connectivity index (χ2v) is 7.54. The molecule has 1 aromatic carbocycles. The number of nitrogens with zero attached hydrogens (tertiary/aromatic N) is 2. The number of benzene rings is 1. The van der Waals surface area contributed by atoms with Gasteiger partial charge in [-0.3, -0.25) is 0 Å². The van der Waals surface area contributed by atoms with Gasteiger partial charge in [0.15, 0.2) is 5.82 Å². The number of ether oxygens (including phenoxy) is 1. The fourth-order valence-corrected chi connectivity index (χ4v) is 3.16. The zero-order valence-electron chi connectivity index (χ0n) is 17.4. The SMILES string of the molecule is CCCCCCc1ccnc(-c2ccccc2OCCCCC(C)CC)n1. The quantitative estimate of drug-likeness (QED) is 0.362. The summed E-state index contributed by atoms with van der Waals surface area (Å²) in [4.78, 5) is 9.29. The lowest BCUT2D eigenvalue weighted by Gasteiger charge is -2.12. The number of unbranched alkanes of at least 4 members (excludes halogenated alkanes) is 4. The highest BCUT2D eigenvalue weighted by Crippen LogP contribution is 2.27. The Hall–Kier alpha value is -1.90. The van der Waals surface area contributed by atoms with E-state index in [1.54, 1.807) is 0 Å². The van der Waals surface area contributed by atoms with Crippen LogP contribution in [-0.4, -0.2) is 16.6 Å². The van der Waals surface area contributed by atoms with Crippen LogP contribution in [0.2, 0.25) is 0 Å². The molecule has 0 bridgehead atoms.